The summed E-state index contributed by atoms with van der Waals surface area (Å²) >= 11 is 7.34. The molecule has 2 aromatic rings. The lowest BCUT2D eigenvalue weighted by Crippen LogP contribution is -2.02. The number of methoxy groups -OCH3 is 1. The number of ether oxygens (including phenoxy) is 1. The SMILES string of the molecule is COc1ccc(C(=O)CSc2ccc(F)cc2)cc1Cl. The maximum absolute atomic E-state index is 12.8. The number of Topliss-reactive ketones (excluding diaryl/α,β-unsaturated/α-hetero) is 1. The Hall–Kier alpha value is -1.52. The number of halogens is 2. The molecule has 0 radical (unpaired) electrons. The first-order valence-electron chi connectivity index (χ1n) is 5.85. The summed E-state index contributed by atoms with van der Waals surface area (Å²) in [7, 11) is 1.52. The van der Waals surface area contributed by atoms with E-state index < -0.39 is 0 Å². The predicted octanol–water partition coefficient (Wildman–Crippen LogP) is 4.46. The van der Waals surface area contributed by atoms with Crippen LogP contribution in [0.4, 0.5) is 4.39 Å². The molecule has 0 aliphatic carbocycles. The van der Waals surface area contributed by atoms with E-state index in [-0.39, 0.29) is 17.4 Å². The summed E-state index contributed by atoms with van der Waals surface area (Å²) in [6.07, 6.45) is 0. The average molecular weight is 311 g/mol. The fourth-order valence-electron chi connectivity index (χ4n) is 1.60. The highest BCUT2D eigenvalue weighted by atomic mass is 35.5. The molecule has 0 heterocycles. The van der Waals surface area contributed by atoms with E-state index in [1.807, 2.05) is 0 Å². The van der Waals surface area contributed by atoms with Gasteiger partial charge in [0.25, 0.3) is 0 Å². The van der Waals surface area contributed by atoms with Gasteiger partial charge in [0.15, 0.2) is 5.78 Å². The lowest BCUT2D eigenvalue weighted by atomic mass is 10.1. The van der Waals surface area contributed by atoms with Crippen LogP contribution in [0.1, 0.15) is 10.4 Å². The van der Waals surface area contributed by atoms with Gasteiger partial charge in [0, 0.05) is 10.5 Å². The molecule has 2 aromatic carbocycles. The maximum atomic E-state index is 12.8. The quantitative estimate of drug-likeness (QED) is 0.602. The molecule has 0 aromatic heterocycles. The van der Waals surface area contributed by atoms with E-state index in [1.165, 1.54) is 31.0 Å². The smallest absolute Gasteiger partial charge is 0.173 e. The number of hydrogen-bond acceptors (Lipinski definition) is 3. The molecule has 0 saturated carbocycles. The van der Waals surface area contributed by atoms with Crippen molar-refractivity contribution in [1.29, 1.82) is 0 Å². The highest BCUT2D eigenvalue weighted by Crippen LogP contribution is 2.26. The van der Waals surface area contributed by atoms with Crippen LogP contribution < -0.4 is 4.74 Å². The van der Waals surface area contributed by atoms with Crippen LogP contribution in [0.5, 0.6) is 5.75 Å². The van der Waals surface area contributed by atoms with Crippen molar-refractivity contribution in [3.05, 3.63) is 58.9 Å². The highest BCUT2D eigenvalue weighted by molar-refractivity contribution is 8.00. The van der Waals surface area contributed by atoms with Gasteiger partial charge >= 0.3 is 0 Å². The lowest BCUT2D eigenvalue weighted by molar-refractivity contribution is 0.102. The van der Waals surface area contributed by atoms with Gasteiger partial charge in [0.2, 0.25) is 0 Å². The zero-order chi connectivity index (χ0) is 14.5. The van der Waals surface area contributed by atoms with Gasteiger partial charge in [0.1, 0.15) is 11.6 Å². The van der Waals surface area contributed by atoms with Gasteiger partial charge in [-0.3, -0.25) is 4.79 Å². The van der Waals surface area contributed by atoms with Crippen LogP contribution in [-0.4, -0.2) is 18.6 Å². The molecule has 0 atom stereocenters. The number of thioether (sulfide) groups is 1. The minimum absolute atomic E-state index is 0.0381. The van der Waals surface area contributed by atoms with Crippen molar-refractivity contribution < 1.29 is 13.9 Å². The Morgan fingerprint density at radius 2 is 1.95 bits per heavy atom. The van der Waals surface area contributed by atoms with Crippen LogP contribution in [0.15, 0.2) is 47.4 Å². The third-order valence-corrected chi connectivity index (χ3v) is 3.96. The van der Waals surface area contributed by atoms with Gasteiger partial charge in [-0.2, -0.15) is 0 Å². The molecular weight excluding hydrogens is 299 g/mol. The molecule has 104 valence electrons. The molecule has 5 heteroatoms. The predicted molar refractivity (Wildman–Crippen MR) is 79.5 cm³/mol. The van der Waals surface area contributed by atoms with E-state index in [0.717, 1.165) is 4.90 Å². The summed E-state index contributed by atoms with van der Waals surface area (Å²) < 4.78 is 17.8. The number of benzene rings is 2. The zero-order valence-electron chi connectivity index (χ0n) is 10.7. The summed E-state index contributed by atoms with van der Waals surface area (Å²) in [5.74, 6) is 0.481. The largest absolute Gasteiger partial charge is 0.495 e. The van der Waals surface area contributed by atoms with Crippen molar-refractivity contribution >= 4 is 29.1 Å². The molecular formula is C15H12ClFO2S. The van der Waals surface area contributed by atoms with Crippen LogP contribution in [0.3, 0.4) is 0 Å². The summed E-state index contributed by atoms with van der Waals surface area (Å²) in [5.41, 5.74) is 0.533. The number of rotatable bonds is 5. The molecule has 2 rings (SSSR count). The molecule has 0 aliphatic rings. The Morgan fingerprint density at radius 3 is 2.55 bits per heavy atom. The van der Waals surface area contributed by atoms with Crippen LogP contribution in [0.2, 0.25) is 5.02 Å². The maximum Gasteiger partial charge on any atom is 0.173 e. The third-order valence-electron chi connectivity index (χ3n) is 2.66. The second kappa shape index (κ2) is 6.77. The van der Waals surface area contributed by atoms with E-state index in [1.54, 1.807) is 30.3 Å². The van der Waals surface area contributed by atoms with E-state index in [4.69, 9.17) is 16.3 Å². The fourth-order valence-corrected chi connectivity index (χ4v) is 2.65. The van der Waals surface area contributed by atoms with Crippen LogP contribution in [0.25, 0.3) is 0 Å². The fraction of sp³-hybridized carbons (Fsp3) is 0.133. The molecule has 2 nitrogen and oxygen atoms in total. The average Bonchev–Trinajstić information content (AvgIpc) is 2.46. The van der Waals surface area contributed by atoms with Gasteiger partial charge in [-0.1, -0.05) is 11.6 Å². The molecule has 0 amide bonds. The summed E-state index contributed by atoms with van der Waals surface area (Å²) in [4.78, 5) is 12.9. The van der Waals surface area contributed by atoms with Crippen molar-refractivity contribution in [1.82, 2.24) is 0 Å². The Kier molecular flexibility index (Phi) is 5.04. The first-order chi connectivity index (χ1) is 9.60. The number of hydrogen-bond donors (Lipinski definition) is 0. The first kappa shape index (κ1) is 14.9. The van der Waals surface area contributed by atoms with Gasteiger partial charge in [-0.25, -0.2) is 4.39 Å². The Morgan fingerprint density at radius 1 is 1.25 bits per heavy atom. The topological polar surface area (TPSA) is 26.3 Å². The lowest BCUT2D eigenvalue weighted by Gasteiger charge is -2.05. The van der Waals surface area contributed by atoms with E-state index in [9.17, 15) is 9.18 Å². The van der Waals surface area contributed by atoms with Crippen molar-refractivity contribution in [3.8, 4) is 5.75 Å². The minimum Gasteiger partial charge on any atom is -0.495 e. The Labute approximate surface area is 125 Å². The van der Waals surface area contributed by atoms with Crippen LogP contribution >= 0.6 is 23.4 Å². The van der Waals surface area contributed by atoms with Gasteiger partial charge < -0.3 is 4.74 Å². The summed E-state index contributed by atoms with van der Waals surface area (Å²) in [5, 5.41) is 0.408. The molecule has 0 saturated heterocycles. The number of carbonyl (C=O) groups is 1. The van der Waals surface area contributed by atoms with Crippen LogP contribution in [0, 0.1) is 5.82 Å². The third kappa shape index (κ3) is 3.74. The second-order valence-corrected chi connectivity index (χ2v) is 5.47. The van der Waals surface area contributed by atoms with Gasteiger partial charge in [-0.05, 0) is 42.5 Å². The molecule has 0 unspecified atom stereocenters. The first-order valence-corrected chi connectivity index (χ1v) is 7.21. The van der Waals surface area contributed by atoms with E-state index >= 15 is 0 Å². The van der Waals surface area contributed by atoms with Crippen molar-refractivity contribution in [2.24, 2.45) is 0 Å². The van der Waals surface area contributed by atoms with Crippen molar-refractivity contribution in [3.63, 3.8) is 0 Å². The zero-order valence-corrected chi connectivity index (χ0v) is 12.3. The van der Waals surface area contributed by atoms with Crippen molar-refractivity contribution in [2.75, 3.05) is 12.9 Å². The number of carbonyl (C=O) groups excluding carboxylic acids is 1. The Bertz CT molecular complexity index is 614. The van der Waals surface area contributed by atoms with Gasteiger partial charge in [0.05, 0.1) is 17.9 Å². The van der Waals surface area contributed by atoms with Crippen LogP contribution in [-0.2, 0) is 0 Å². The van der Waals surface area contributed by atoms with Crippen molar-refractivity contribution in [2.45, 2.75) is 4.90 Å². The molecule has 0 spiro atoms. The molecule has 0 N–H and O–H groups in total. The standard InChI is InChI=1S/C15H12ClFO2S/c1-19-15-7-2-10(8-13(15)16)14(18)9-20-12-5-3-11(17)4-6-12/h2-8H,9H2,1H3. The molecule has 0 aliphatic heterocycles. The highest BCUT2D eigenvalue weighted by Gasteiger charge is 2.10. The summed E-state index contributed by atoms with van der Waals surface area (Å²) in [6, 6.07) is 11.0. The normalized spacial score (nSPS) is 10.3. The number of ketones is 1. The van der Waals surface area contributed by atoms with Gasteiger partial charge in [-0.15, -0.1) is 11.8 Å². The Balaban J connectivity index is 2.01. The second-order valence-electron chi connectivity index (χ2n) is 4.02. The minimum atomic E-state index is -0.289. The molecule has 0 bridgehead atoms. The molecule has 0 fully saturated rings. The molecule has 20 heavy (non-hydrogen) atoms. The summed E-state index contributed by atoms with van der Waals surface area (Å²) in [6.45, 7) is 0. The van der Waals surface area contributed by atoms with E-state index in [0.29, 0.717) is 16.3 Å². The van der Waals surface area contributed by atoms with E-state index in [2.05, 4.69) is 0 Å². The monoisotopic (exact) mass is 310 g/mol.